The Morgan fingerprint density at radius 1 is 1.60 bits per heavy atom. The SMILES string of the molecule is NC(=O)c1cnc(N2CC2)c([N+](=O)[O-])c1. The summed E-state index contributed by atoms with van der Waals surface area (Å²) < 4.78 is 0. The number of rotatable bonds is 3. The van der Waals surface area contributed by atoms with Gasteiger partial charge in [0.05, 0.1) is 10.5 Å². The fourth-order valence-electron chi connectivity index (χ4n) is 1.22. The van der Waals surface area contributed by atoms with Gasteiger partial charge in [-0.25, -0.2) is 4.98 Å². The van der Waals surface area contributed by atoms with E-state index in [-0.39, 0.29) is 11.3 Å². The molecule has 78 valence electrons. The third-order valence-electron chi connectivity index (χ3n) is 2.08. The van der Waals surface area contributed by atoms with Crippen LogP contribution < -0.4 is 10.6 Å². The normalized spacial score (nSPS) is 13.7. The van der Waals surface area contributed by atoms with Crippen molar-refractivity contribution < 1.29 is 9.72 Å². The number of anilines is 1. The number of carbonyl (C=O) groups excluding carboxylic acids is 1. The van der Waals surface area contributed by atoms with Crippen molar-refractivity contribution in [3.63, 3.8) is 0 Å². The number of aromatic nitrogens is 1. The van der Waals surface area contributed by atoms with Gasteiger partial charge in [-0.05, 0) is 0 Å². The molecule has 1 saturated heterocycles. The first-order valence-corrected chi connectivity index (χ1v) is 4.29. The van der Waals surface area contributed by atoms with E-state index in [1.807, 2.05) is 0 Å². The van der Waals surface area contributed by atoms with E-state index >= 15 is 0 Å². The van der Waals surface area contributed by atoms with Gasteiger partial charge in [0.25, 0.3) is 5.91 Å². The number of pyridine rings is 1. The van der Waals surface area contributed by atoms with Gasteiger partial charge in [0.15, 0.2) is 0 Å². The maximum atomic E-state index is 10.8. The summed E-state index contributed by atoms with van der Waals surface area (Å²) in [4.78, 5) is 26.6. The molecule has 0 aromatic carbocycles. The Morgan fingerprint density at radius 2 is 2.27 bits per heavy atom. The third-order valence-corrected chi connectivity index (χ3v) is 2.08. The smallest absolute Gasteiger partial charge is 0.312 e. The van der Waals surface area contributed by atoms with Crippen LogP contribution in [0.5, 0.6) is 0 Å². The zero-order valence-electron chi connectivity index (χ0n) is 7.71. The lowest BCUT2D eigenvalue weighted by Crippen LogP contribution is -2.12. The van der Waals surface area contributed by atoms with Gasteiger partial charge in [0.2, 0.25) is 5.82 Å². The number of hydrogen-bond acceptors (Lipinski definition) is 5. The molecule has 2 N–H and O–H groups in total. The predicted octanol–water partition coefficient (Wildman–Crippen LogP) is -0.0913. The minimum atomic E-state index is -0.719. The Hall–Kier alpha value is -2.18. The number of carbonyl (C=O) groups is 1. The Labute approximate surface area is 84.7 Å². The first-order valence-electron chi connectivity index (χ1n) is 4.29. The van der Waals surface area contributed by atoms with Crippen LogP contribution in [0.3, 0.4) is 0 Å². The average Bonchev–Trinajstić information content (AvgIpc) is 2.99. The fourth-order valence-corrected chi connectivity index (χ4v) is 1.22. The molecule has 1 aromatic rings. The molecule has 7 nitrogen and oxygen atoms in total. The lowest BCUT2D eigenvalue weighted by Gasteiger charge is -2.03. The van der Waals surface area contributed by atoms with Crippen molar-refractivity contribution in [2.45, 2.75) is 0 Å². The molecule has 1 fully saturated rings. The van der Waals surface area contributed by atoms with E-state index in [9.17, 15) is 14.9 Å². The molecule has 0 unspecified atom stereocenters. The highest BCUT2D eigenvalue weighted by Crippen LogP contribution is 2.29. The zero-order valence-corrected chi connectivity index (χ0v) is 7.71. The van der Waals surface area contributed by atoms with Crippen LogP contribution in [0.15, 0.2) is 12.3 Å². The van der Waals surface area contributed by atoms with Gasteiger partial charge in [-0.1, -0.05) is 0 Å². The second-order valence-electron chi connectivity index (χ2n) is 3.18. The van der Waals surface area contributed by atoms with Gasteiger partial charge in [-0.15, -0.1) is 0 Å². The number of hydrogen-bond donors (Lipinski definition) is 1. The molecule has 0 bridgehead atoms. The lowest BCUT2D eigenvalue weighted by atomic mass is 10.2. The molecule has 7 heteroatoms. The summed E-state index contributed by atoms with van der Waals surface area (Å²) in [6.07, 6.45) is 1.25. The van der Waals surface area contributed by atoms with Crippen LogP contribution in [0, 0.1) is 10.1 Å². The highest BCUT2D eigenvalue weighted by Gasteiger charge is 2.28. The Bertz CT molecular complexity index is 442. The molecule has 2 heterocycles. The van der Waals surface area contributed by atoms with Gasteiger partial charge in [0.1, 0.15) is 0 Å². The predicted molar refractivity (Wildman–Crippen MR) is 51.6 cm³/mol. The highest BCUT2D eigenvalue weighted by atomic mass is 16.6. The number of primary amides is 1. The zero-order chi connectivity index (χ0) is 11.0. The average molecular weight is 208 g/mol. The first kappa shape index (κ1) is 9.38. The van der Waals surface area contributed by atoms with Crippen LogP contribution in [0.1, 0.15) is 10.4 Å². The van der Waals surface area contributed by atoms with E-state index in [1.165, 1.54) is 6.20 Å². The van der Waals surface area contributed by atoms with E-state index in [2.05, 4.69) is 4.98 Å². The number of amides is 1. The van der Waals surface area contributed by atoms with Crippen LogP contribution in [-0.2, 0) is 0 Å². The summed E-state index contributed by atoms with van der Waals surface area (Å²) in [5.74, 6) is -0.423. The van der Waals surface area contributed by atoms with Crippen molar-refractivity contribution in [1.82, 2.24) is 4.98 Å². The van der Waals surface area contributed by atoms with Gasteiger partial charge < -0.3 is 10.6 Å². The first-order chi connectivity index (χ1) is 7.09. The standard InChI is InChI=1S/C8H8N4O3/c9-7(13)5-3-6(12(14)15)8(10-4-5)11-1-2-11/h3-4H,1-2H2,(H2,9,13). The Kier molecular flexibility index (Phi) is 2.00. The van der Waals surface area contributed by atoms with Crippen LogP contribution in [-0.4, -0.2) is 28.9 Å². The van der Waals surface area contributed by atoms with Gasteiger partial charge in [-0.3, -0.25) is 14.9 Å². The number of nitro groups is 1. The van der Waals surface area contributed by atoms with Crippen LogP contribution in [0.4, 0.5) is 11.5 Å². The molecular weight excluding hydrogens is 200 g/mol. The van der Waals surface area contributed by atoms with Crippen LogP contribution in [0.2, 0.25) is 0 Å². The summed E-state index contributed by atoms with van der Waals surface area (Å²) in [6.45, 7) is 1.51. The topological polar surface area (TPSA) is 102 Å². The number of nitrogens with zero attached hydrogens (tertiary/aromatic N) is 3. The second-order valence-corrected chi connectivity index (χ2v) is 3.18. The molecule has 0 spiro atoms. The minimum absolute atomic E-state index is 0.0484. The molecule has 0 radical (unpaired) electrons. The largest absolute Gasteiger partial charge is 0.366 e. The fraction of sp³-hybridized carbons (Fsp3) is 0.250. The van der Waals surface area contributed by atoms with E-state index in [0.29, 0.717) is 5.82 Å². The minimum Gasteiger partial charge on any atom is -0.366 e. The molecule has 0 atom stereocenters. The molecule has 1 amide bonds. The van der Waals surface area contributed by atoms with E-state index in [0.717, 1.165) is 19.2 Å². The number of nitrogens with two attached hydrogens (primary N) is 1. The molecule has 0 saturated carbocycles. The van der Waals surface area contributed by atoms with E-state index in [1.54, 1.807) is 4.90 Å². The summed E-state index contributed by atoms with van der Waals surface area (Å²) in [5.41, 5.74) is 4.88. The molecule has 1 aliphatic heterocycles. The van der Waals surface area contributed by atoms with Crippen molar-refractivity contribution in [1.29, 1.82) is 0 Å². The van der Waals surface area contributed by atoms with Gasteiger partial charge in [0, 0.05) is 25.4 Å². The van der Waals surface area contributed by atoms with Crippen molar-refractivity contribution in [2.24, 2.45) is 5.73 Å². The highest BCUT2D eigenvalue weighted by molar-refractivity contribution is 5.93. The summed E-state index contributed by atoms with van der Waals surface area (Å²) in [7, 11) is 0. The monoisotopic (exact) mass is 208 g/mol. The molecule has 15 heavy (non-hydrogen) atoms. The maximum Gasteiger partial charge on any atom is 0.312 e. The van der Waals surface area contributed by atoms with Crippen molar-refractivity contribution >= 4 is 17.4 Å². The molecule has 1 aromatic heterocycles. The third kappa shape index (κ3) is 1.71. The quantitative estimate of drug-likeness (QED) is 0.424. The van der Waals surface area contributed by atoms with Crippen molar-refractivity contribution in [2.75, 3.05) is 18.0 Å². The van der Waals surface area contributed by atoms with Crippen LogP contribution >= 0.6 is 0 Å². The Balaban J connectivity index is 2.48. The molecule has 1 aliphatic rings. The van der Waals surface area contributed by atoms with Crippen molar-refractivity contribution in [3.8, 4) is 0 Å². The second kappa shape index (κ2) is 3.19. The summed E-state index contributed by atoms with van der Waals surface area (Å²) >= 11 is 0. The maximum absolute atomic E-state index is 10.8. The van der Waals surface area contributed by atoms with Gasteiger partial charge >= 0.3 is 5.69 Å². The van der Waals surface area contributed by atoms with Crippen molar-refractivity contribution in [3.05, 3.63) is 27.9 Å². The lowest BCUT2D eigenvalue weighted by molar-refractivity contribution is -0.384. The molecular formula is C8H8N4O3. The molecule has 2 rings (SSSR count). The Morgan fingerprint density at radius 3 is 2.73 bits per heavy atom. The summed E-state index contributed by atoms with van der Waals surface area (Å²) in [6, 6.07) is 1.16. The van der Waals surface area contributed by atoms with E-state index < -0.39 is 10.8 Å². The summed E-state index contributed by atoms with van der Waals surface area (Å²) in [5, 5.41) is 10.7. The van der Waals surface area contributed by atoms with Gasteiger partial charge in [-0.2, -0.15) is 0 Å². The van der Waals surface area contributed by atoms with Crippen LogP contribution in [0.25, 0.3) is 0 Å². The van der Waals surface area contributed by atoms with E-state index in [4.69, 9.17) is 5.73 Å². The molecule has 0 aliphatic carbocycles.